The van der Waals surface area contributed by atoms with Gasteiger partial charge in [0.15, 0.2) is 0 Å². The van der Waals surface area contributed by atoms with Crippen LogP contribution >= 0.6 is 0 Å². The highest BCUT2D eigenvalue weighted by Gasteiger charge is 2.28. The first-order valence-corrected chi connectivity index (χ1v) is 11.0. The zero-order valence-electron chi connectivity index (χ0n) is 17.1. The highest BCUT2D eigenvalue weighted by Crippen LogP contribution is 2.22. The predicted octanol–water partition coefficient (Wildman–Crippen LogP) is 2.83. The lowest BCUT2D eigenvalue weighted by molar-refractivity contribution is -0.135. The molecule has 2 amide bonds. The molecule has 1 N–H and O–H groups in total. The smallest absolute Gasteiger partial charge is 0.227 e. The van der Waals surface area contributed by atoms with Crippen molar-refractivity contribution in [3.05, 3.63) is 48.0 Å². The van der Waals surface area contributed by atoms with E-state index in [0.717, 1.165) is 55.4 Å². The highest BCUT2D eigenvalue weighted by molar-refractivity contribution is 5.90. The van der Waals surface area contributed by atoms with Crippen molar-refractivity contribution in [2.24, 2.45) is 5.92 Å². The number of nitrogens with zero attached hydrogens (tertiary/aromatic N) is 2. The third kappa shape index (κ3) is 4.96. The molecule has 29 heavy (non-hydrogen) atoms. The minimum atomic E-state index is -0.0844. The Morgan fingerprint density at radius 2 is 1.76 bits per heavy atom. The minimum Gasteiger partial charge on any atom is -0.355 e. The molecule has 0 spiro atoms. The SMILES string of the molecule is O=C(NCCN1CCCC1)C1CCCN(C(=O)Cc2cccc3ccccc23)C1. The van der Waals surface area contributed by atoms with Gasteiger partial charge in [-0.25, -0.2) is 0 Å². The van der Waals surface area contributed by atoms with Crippen molar-refractivity contribution in [3.63, 3.8) is 0 Å². The van der Waals surface area contributed by atoms with Crippen molar-refractivity contribution >= 4 is 22.6 Å². The second kappa shape index (κ2) is 9.40. The third-order valence-corrected chi connectivity index (χ3v) is 6.29. The van der Waals surface area contributed by atoms with Crippen LogP contribution in [0.3, 0.4) is 0 Å². The molecule has 2 aromatic carbocycles. The van der Waals surface area contributed by atoms with Gasteiger partial charge in [0.2, 0.25) is 11.8 Å². The van der Waals surface area contributed by atoms with Crippen LogP contribution < -0.4 is 5.32 Å². The summed E-state index contributed by atoms with van der Waals surface area (Å²) in [7, 11) is 0. The number of piperidine rings is 1. The van der Waals surface area contributed by atoms with E-state index in [2.05, 4.69) is 28.4 Å². The summed E-state index contributed by atoms with van der Waals surface area (Å²) in [5.41, 5.74) is 1.06. The first-order chi connectivity index (χ1) is 14.2. The number of nitrogens with one attached hydrogen (secondary N) is 1. The van der Waals surface area contributed by atoms with Crippen LogP contribution in [0.15, 0.2) is 42.5 Å². The maximum Gasteiger partial charge on any atom is 0.227 e. The summed E-state index contributed by atoms with van der Waals surface area (Å²) in [4.78, 5) is 29.8. The van der Waals surface area contributed by atoms with E-state index in [-0.39, 0.29) is 17.7 Å². The monoisotopic (exact) mass is 393 g/mol. The number of hydrogen-bond donors (Lipinski definition) is 1. The van der Waals surface area contributed by atoms with Crippen molar-refractivity contribution in [3.8, 4) is 0 Å². The molecule has 2 saturated heterocycles. The topological polar surface area (TPSA) is 52.7 Å². The van der Waals surface area contributed by atoms with Crippen molar-refractivity contribution < 1.29 is 9.59 Å². The van der Waals surface area contributed by atoms with Gasteiger partial charge in [0.05, 0.1) is 12.3 Å². The first-order valence-electron chi connectivity index (χ1n) is 11.0. The van der Waals surface area contributed by atoms with E-state index in [0.29, 0.717) is 19.5 Å². The Bertz CT molecular complexity index is 855. The van der Waals surface area contributed by atoms with Crippen molar-refractivity contribution in [1.82, 2.24) is 15.1 Å². The summed E-state index contributed by atoms with van der Waals surface area (Å²) in [5, 5.41) is 5.39. The molecule has 2 aromatic rings. The lowest BCUT2D eigenvalue weighted by atomic mass is 9.96. The first kappa shape index (κ1) is 19.9. The fourth-order valence-corrected chi connectivity index (χ4v) is 4.63. The van der Waals surface area contributed by atoms with Crippen LogP contribution in [0.2, 0.25) is 0 Å². The van der Waals surface area contributed by atoms with Crippen LogP contribution in [0, 0.1) is 5.92 Å². The van der Waals surface area contributed by atoms with Crippen LogP contribution in [-0.4, -0.2) is 60.9 Å². The van der Waals surface area contributed by atoms with Gasteiger partial charge >= 0.3 is 0 Å². The second-order valence-electron chi connectivity index (χ2n) is 8.33. The second-order valence-corrected chi connectivity index (χ2v) is 8.33. The average Bonchev–Trinajstić information content (AvgIpc) is 3.27. The van der Waals surface area contributed by atoms with Crippen molar-refractivity contribution in [2.45, 2.75) is 32.1 Å². The normalized spacial score (nSPS) is 20.1. The number of carbonyl (C=O) groups is 2. The molecule has 1 atom stereocenters. The molecule has 0 radical (unpaired) electrons. The predicted molar refractivity (Wildman–Crippen MR) is 116 cm³/mol. The van der Waals surface area contributed by atoms with Gasteiger partial charge in [-0.05, 0) is 55.1 Å². The van der Waals surface area contributed by atoms with E-state index in [1.165, 1.54) is 12.8 Å². The molecule has 1 unspecified atom stereocenters. The van der Waals surface area contributed by atoms with E-state index in [4.69, 9.17) is 0 Å². The van der Waals surface area contributed by atoms with Crippen LogP contribution in [0.25, 0.3) is 10.8 Å². The van der Waals surface area contributed by atoms with Crippen molar-refractivity contribution in [2.75, 3.05) is 39.3 Å². The van der Waals surface area contributed by atoms with Crippen LogP contribution in [0.4, 0.5) is 0 Å². The van der Waals surface area contributed by atoms with Gasteiger partial charge in [-0.1, -0.05) is 42.5 Å². The Hall–Kier alpha value is -2.40. The molecular weight excluding hydrogens is 362 g/mol. The number of likely N-dealkylation sites (tertiary alicyclic amines) is 2. The lowest BCUT2D eigenvalue weighted by Gasteiger charge is -2.32. The molecule has 0 aromatic heterocycles. The average molecular weight is 394 g/mol. The Labute approximate surface area is 173 Å². The number of rotatable bonds is 6. The molecule has 2 aliphatic rings. The molecule has 5 nitrogen and oxygen atoms in total. The molecule has 2 fully saturated rings. The molecular formula is C24H31N3O2. The van der Waals surface area contributed by atoms with Gasteiger partial charge in [0.25, 0.3) is 0 Å². The summed E-state index contributed by atoms with van der Waals surface area (Å²) < 4.78 is 0. The summed E-state index contributed by atoms with van der Waals surface area (Å²) in [6.45, 7) is 5.23. The Morgan fingerprint density at radius 1 is 0.966 bits per heavy atom. The van der Waals surface area contributed by atoms with Gasteiger partial charge in [-0.2, -0.15) is 0 Å². The van der Waals surface area contributed by atoms with Crippen LogP contribution in [-0.2, 0) is 16.0 Å². The number of carbonyl (C=O) groups excluding carboxylic acids is 2. The molecule has 0 aliphatic carbocycles. The number of amides is 2. The molecule has 154 valence electrons. The Kier molecular flexibility index (Phi) is 6.45. The van der Waals surface area contributed by atoms with Gasteiger partial charge < -0.3 is 15.1 Å². The quantitative estimate of drug-likeness (QED) is 0.821. The fraction of sp³-hybridized carbons (Fsp3) is 0.500. The molecule has 5 heteroatoms. The van der Waals surface area contributed by atoms with Crippen molar-refractivity contribution in [1.29, 1.82) is 0 Å². The maximum atomic E-state index is 13.0. The Morgan fingerprint density at radius 3 is 2.62 bits per heavy atom. The Balaban J connectivity index is 1.31. The third-order valence-electron chi connectivity index (χ3n) is 6.29. The summed E-state index contributed by atoms with van der Waals surface area (Å²) in [6, 6.07) is 14.3. The molecule has 2 heterocycles. The lowest BCUT2D eigenvalue weighted by Crippen LogP contribution is -2.46. The number of benzene rings is 2. The van der Waals surface area contributed by atoms with E-state index < -0.39 is 0 Å². The van der Waals surface area contributed by atoms with E-state index >= 15 is 0 Å². The van der Waals surface area contributed by atoms with Gasteiger partial charge in [0.1, 0.15) is 0 Å². The largest absolute Gasteiger partial charge is 0.355 e. The molecule has 4 rings (SSSR count). The standard InChI is InChI=1S/C24H31N3O2/c28-23(17-20-9-5-8-19-7-1-2-11-22(19)20)27-15-6-10-21(18-27)24(29)25-12-16-26-13-3-4-14-26/h1-2,5,7-9,11,21H,3-4,6,10,12-18H2,(H,25,29). The maximum absolute atomic E-state index is 13.0. The summed E-state index contributed by atoms with van der Waals surface area (Å²) >= 11 is 0. The molecule has 0 bridgehead atoms. The minimum absolute atomic E-state index is 0.0844. The van der Waals surface area contributed by atoms with Gasteiger partial charge in [0, 0.05) is 26.2 Å². The van der Waals surface area contributed by atoms with E-state index in [9.17, 15) is 9.59 Å². The summed E-state index contributed by atoms with van der Waals surface area (Å²) in [6.07, 6.45) is 4.69. The molecule has 0 saturated carbocycles. The van der Waals surface area contributed by atoms with E-state index in [1.54, 1.807) is 0 Å². The molecule has 2 aliphatic heterocycles. The summed E-state index contributed by atoms with van der Waals surface area (Å²) in [5.74, 6) is 0.140. The highest BCUT2D eigenvalue weighted by atomic mass is 16.2. The van der Waals surface area contributed by atoms with Gasteiger partial charge in [-0.15, -0.1) is 0 Å². The zero-order chi connectivity index (χ0) is 20.1. The van der Waals surface area contributed by atoms with E-state index in [1.807, 2.05) is 29.2 Å². The van der Waals surface area contributed by atoms with Crippen LogP contribution in [0.1, 0.15) is 31.2 Å². The number of hydrogen-bond acceptors (Lipinski definition) is 3. The van der Waals surface area contributed by atoms with Crippen LogP contribution in [0.5, 0.6) is 0 Å². The van der Waals surface area contributed by atoms with Gasteiger partial charge in [-0.3, -0.25) is 9.59 Å². The number of fused-ring (bicyclic) bond motifs is 1. The zero-order valence-corrected chi connectivity index (χ0v) is 17.1. The fourth-order valence-electron chi connectivity index (χ4n) is 4.63.